The predicted molar refractivity (Wildman–Crippen MR) is 97.1 cm³/mol. The highest BCUT2D eigenvalue weighted by molar-refractivity contribution is 6.43. The highest BCUT2D eigenvalue weighted by Crippen LogP contribution is 2.68. The van der Waals surface area contributed by atoms with Crippen LogP contribution in [-0.4, -0.2) is 22.3 Å². The third-order valence-electron chi connectivity index (χ3n) is 8.79. The summed E-state index contributed by atoms with van der Waals surface area (Å²) in [6, 6.07) is 0. The van der Waals surface area contributed by atoms with E-state index in [9.17, 15) is 14.7 Å². The lowest BCUT2D eigenvalue weighted by Gasteiger charge is -2.59. The molecule has 0 unspecified atom stereocenters. The van der Waals surface area contributed by atoms with Crippen molar-refractivity contribution in [1.82, 2.24) is 0 Å². The van der Waals surface area contributed by atoms with Gasteiger partial charge in [0, 0.05) is 11.8 Å². The molecule has 0 aromatic carbocycles. The lowest BCUT2D eigenvalue weighted by Crippen LogP contribution is -2.57. The van der Waals surface area contributed by atoms with Crippen molar-refractivity contribution in [2.45, 2.75) is 77.7 Å². The first-order valence-electron chi connectivity index (χ1n) is 9.81. The first-order valence-corrected chi connectivity index (χ1v) is 10.2. The smallest absolute Gasteiger partial charge is 0.174 e. The summed E-state index contributed by atoms with van der Waals surface area (Å²) in [4.78, 5) is 24.3. The zero-order chi connectivity index (χ0) is 18.2. The van der Waals surface area contributed by atoms with Crippen molar-refractivity contribution in [1.29, 1.82) is 0 Å². The van der Waals surface area contributed by atoms with E-state index in [1.54, 1.807) is 6.92 Å². The van der Waals surface area contributed by atoms with Gasteiger partial charge in [0.1, 0.15) is 5.60 Å². The van der Waals surface area contributed by atoms with Crippen LogP contribution in [0.25, 0.3) is 0 Å². The number of hydrogen-bond donors (Lipinski definition) is 1. The predicted octanol–water partition coefficient (Wildman–Crippen LogP) is 4.40. The standard InChI is InChI=1S/C21H29ClO3/c1-12(23)21(25)11-7-15-13-4-5-16-18(22)17(24)8-9-19(16,2)14(13)6-10-20(15,21)3/h13-15,25H,4-11H2,1-3H3/t13-,14+,15+,19-,20+,21+/m1/s1. The van der Waals surface area contributed by atoms with Crippen LogP contribution in [0.5, 0.6) is 0 Å². The van der Waals surface area contributed by atoms with Gasteiger partial charge in [0.25, 0.3) is 0 Å². The first-order chi connectivity index (χ1) is 11.6. The Bertz CT molecular complexity index is 683. The fourth-order valence-electron chi connectivity index (χ4n) is 7.24. The summed E-state index contributed by atoms with van der Waals surface area (Å²) in [6.45, 7) is 6.01. The summed E-state index contributed by atoms with van der Waals surface area (Å²) < 4.78 is 0. The Morgan fingerprint density at radius 1 is 1.08 bits per heavy atom. The number of rotatable bonds is 1. The van der Waals surface area contributed by atoms with Crippen LogP contribution in [0.4, 0.5) is 0 Å². The summed E-state index contributed by atoms with van der Waals surface area (Å²) in [7, 11) is 0. The van der Waals surface area contributed by atoms with Gasteiger partial charge in [-0.25, -0.2) is 0 Å². The van der Waals surface area contributed by atoms with Crippen molar-refractivity contribution in [3.8, 4) is 0 Å². The molecule has 0 bridgehead atoms. The van der Waals surface area contributed by atoms with Crippen LogP contribution < -0.4 is 0 Å². The van der Waals surface area contributed by atoms with E-state index >= 15 is 0 Å². The van der Waals surface area contributed by atoms with Crippen LogP contribution >= 0.6 is 11.6 Å². The fraction of sp³-hybridized carbons (Fsp3) is 0.810. The normalized spacial score (nSPS) is 49.5. The van der Waals surface area contributed by atoms with E-state index in [0.717, 1.165) is 38.5 Å². The second kappa shape index (κ2) is 5.42. The number of allylic oxidation sites excluding steroid dienone is 1. The minimum absolute atomic E-state index is 0.0200. The topological polar surface area (TPSA) is 54.4 Å². The van der Waals surface area contributed by atoms with Gasteiger partial charge in [-0.3, -0.25) is 9.59 Å². The van der Waals surface area contributed by atoms with Crippen LogP contribution in [0.1, 0.15) is 72.1 Å². The molecule has 6 atom stereocenters. The highest BCUT2D eigenvalue weighted by atomic mass is 35.5. The van der Waals surface area contributed by atoms with Gasteiger partial charge in [0.2, 0.25) is 0 Å². The summed E-state index contributed by atoms with van der Waals surface area (Å²) in [5.74, 6) is 1.49. The molecule has 4 aliphatic rings. The molecule has 3 fully saturated rings. The summed E-state index contributed by atoms with van der Waals surface area (Å²) >= 11 is 6.43. The van der Waals surface area contributed by atoms with Crippen molar-refractivity contribution >= 4 is 23.2 Å². The van der Waals surface area contributed by atoms with E-state index in [2.05, 4.69) is 13.8 Å². The Morgan fingerprint density at radius 2 is 1.76 bits per heavy atom. The minimum Gasteiger partial charge on any atom is -0.382 e. The Morgan fingerprint density at radius 3 is 2.44 bits per heavy atom. The number of carbonyl (C=O) groups is 2. The molecular weight excluding hydrogens is 336 g/mol. The van der Waals surface area contributed by atoms with Gasteiger partial charge >= 0.3 is 0 Å². The Balaban J connectivity index is 1.72. The third kappa shape index (κ3) is 2.09. The van der Waals surface area contributed by atoms with Gasteiger partial charge < -0.3 is 5.11 Å². The highest BCUT2D eigenvalue weighted by Gasteiger charge is 2.65. The number of carbonyl (C=O) groups excluding carboxylic acids is 2. The number of fused-ring (bicyclic) bond motifs is 5. The molecule has 0 radical (unpaired) electrons. The number of hydrogen-bond acceptors (Lipinski definition) is 3. The van der Waals surface area contributed by atoms with Crippen molar-refractivity contribution in [3.05, 3.63) is 10.6 Å². The molecule has 4 rings (SSSR count). The lowest BCUT2D eigenvalue weighted by molar-refractivity contribution is -0.160. The molecule has 3 nitrogen and oxygen atoms in total. The van der Waals surface area contributed by atoms with E-state index in [1.807, 2.05) is 0 Å². The molecule has 0 amide bonds. The van der Waals surface area contributed by atoms with E-state index in [0.29, 0.717) is 35.6 Å². The fourth-order valence-corrected chi connectivity index (χ4v) is 7.65. The van der Waals surface area contributed by atoms with E-state index in [1.165, 1.54) is 5.57 Å². The molecule has 4 aliphatic carbocycles. The van der Waals surface area contributed by atoms with Gasteiger partial charge in [-0.1, -0.05) is 25.4 Å². The largest absolute Gasteiger partial charge is 0.382 e. The third-order valence-corrected chi connectivity index (χ3v) is 9.23. The molecule has 0 aromatic rings. The first kappa shape index (κ1) is 17.7. The summed E-state index contributed by atoms with van der Waals surface area (Å²) in [6.07, 6.45) is 6.84. The maximum absolute atomic E-state index is 12.2. The van der Waals surface area contributed by atoms with Crippen LogP contribution in [0.2, 0.25) is 0 Å². The minimum atomic E-state index is -1.15. The van der Waals surface area contributed by atoms with Crippen LogP contribution in [0, 0.1) is 28.6 Å². The Kier molecular flexibility index (Phi) is 3.84. The SMILES string of the molecule is CC(=O)[C@@]1(O)CC[C@H]2[C@@H]3CCC4=C(Cl)C(=O)CC[C@]4(C)[C@H]3CC[C@@]21C. The van der Waals surface area contributed by atoms with Gasteiger partial charge in [-0.2, -0.15) is 0 Å². The van der Waals surface area contributed by atoms with Gasteiger partial charge in [-0.05, 0) is 80.6 Å². The zero-order valence-corrected chi connectivity index (χ0v) is 16.3. The molecule has 138 valence electrons. The molecular formula is C21H29ClO3. The average Bonchev–Trinajstić information content (AvgIpc) is 2.84. The lowest BCUT2D eigenvalue weighted by atomic mass is 9.46. The van der Waals surface area contributed by atoms with Crippen LogP contribution in [-0.2, 0) is 9.59 Å². The van der Waals surface area contributed by atoms with Crippen LogP contribution in [0.15, 0.2) is 10.6 Å². The molecule has 4 heteroatoms. The number of ketones is 2. The molecule has 0 saturated heterocycles. The maximum atomic E-state index is 12.2. The number of Topliss-reactive ketones (excluding diaryl/α,β-unsaturated/α-hetero) is 2. The van der Waals surface area contributed by atoms with Gasteiger partial charge in [0.15, 0.2) is 11.6 Å². The molecule has 1 N–H and O–H groups in total. The second-order valence-corrected chi connectivity index (χ2v) is 9.84. The molecule has 0 aliphatic heterocycles. The molecule has 0 heterocycles. The molecule has 0 aromatic heterocycles. The number of halogens is 1. The summed E-state index contributed by atoms with van der Waals surface area (Å²) in [5, 5.41) is 11.7. The van der Waals surface area contributed by atoms with E-state index in [-0.39, 0.29) is 22.4 Å². The van der Waals surface area contributed by atoms with Crippen LogP contribution in [0.3, 0.4) is 0 Å². The van der Waals surface area contributed by atoms with Gasteiger partial charge in [-0.15, -0.1) is 0 Å². The van der Waals surface area contributed by atoms with Crippen molar-refractivity contribution in [3.63, 3.8) is 0 Å². The summed E-state index contributed by atoms with van der Waals surface area (Å²) in [5.41, 5.74) is -0.243. The Labute approximate surface area is 155 Å². The quantitative estimate of drug-likeness (QED) is 0.750. The van der Waals surface area contributed by atoms with Crippen molar-refractivity contribution in [2.24, 2.45) is 28.6 Å². The van der Waals surface area contributed by atoms with Crippen molar-refractivity contribution in [2.75, 3.05) is 0 Å². The molecule has 0 spiro atoms. The van der Waals surface area contributed by atoms with Gasteiger partial charge in [0.05, 0.1) is 5.03 Å². The van der Waals surface area contributed by atoms with E-state index in [4.69, 9.17) is 11.6 Å². The monoisotopic (exact) mass is 364 g/mol. The molecule has 3 saturated carbocycles. The van der Waals surface area contributed by atoms with E-state index < -0.39 is 5.60 Å². The average molecular weight is 365 g/mol. The molecule has 25 heavy (non-hydrogen) atoms. The maximum Gasteiger partial charge on any atom is 0.174 e. The zero-order valence-electron chi connectivity index (χ0n) is 15.5. The Hall–Kier alpha value is -0.670. The second-order valence-electron chi connectivity index (χ2n) is 9.46. The number of aliphatic hydroxyl groups is 1. The van der Waals surface area contributed by atoms with Crippen molar-refractivity contribution < 1.29 is 14.7 Å².